The maximum absolute atomic E-state index is 12.4. The average Bonchev–Trinajstić information content (AvgIpc) is 3.05. The van der Waals surface area contributed by atoms with Gasteiger partial charge in [0.15, 0.2) is 0 Å². The summed E-state index contributed by atoms with van der Waals surface area (Å²) in [7, 11) is 0. The molecule has 4 heteroatoms. The van der Waals surface area contributed by atoms with Crippen molar-refractivity contribution in [3.05, 3.63) is 36.7 Å². The molecule has 2 bridgehead atoms. The Bertz CT molecular complexity index is 536. The Hall–Kier alpha value is -1.97. The molecule has 2 amide bonds. The Morgan fingerprint density at radius 1 is 1.11 bits per heavy atom. The van der Waals surface area contributed by atoms with Gasteiger partial charge in [0.2, 0.25) is 11.8 Å². The van der Waals surface area contributed by atoms with Crippen LogP contribution in [0.15, 0.2) is 36.7 Å². The van der Waals surface area contributed by atoms with E-state index in [2.05, 4.69) is 17.1 Å². The van der Waals surface area contributed by atoms with Crippen molar-refractivity contribution in [3.8, 4) is 0 Å². The molecule has 4 atom stereocenters. The summed E-state index contributed by atoms with van der Waals surface area (Å²) in [5.41, 5.74) is 0.598. The van der Waals surface area contributed by atoms with Crippen molar-refractivity contribution in [1.82, 2.24) is 4.98 Å². The van der Waals surface area contributed by atoms with Crippen LogP contribution < -0.4 is 4.90 Å². The predicted octanol–water partition coefficient (Wildman–Crippen LogP) is 1.39. The van der Waals surface area contributed by atoms with Crippen LogP contribution in [0.3, 0.4) is 0 Å². The van der Waals surface area contributed by atoms with Crippen LogP contribution in [0.1, 0.15) is 6.42 Å². The lowest BCUT2D eigenvalue weighted by atomic mass is 9.85. The summed E-state index contributed by atoms with van der Waals surface area (Å²) in [6.07, 6.45) is 8.38. The number of carbonyl (C=O) groups excluding carboxylic acids is 2. The minimum Gasteiger partial charge on any atom is -0.274 e. The largest absolute Gasteiger partial charge is 0.274 e. The number of hydrogen-bond acceptors (Lipinski definition) is 3. The van der Waals surface area contributed by atoms with Crippen molar-refractivity contribution < 1.29 is 9.59 Å². The second-order valence-electron chi connectivity index (χ2n) is 5.22. The zero-order valence-corrected chi connectivity index (χ0v) is 9.69. The second kappa shape index (κ2) is 3.28. The fourth-order valence-electron chi connectivity index (χ4n) is 3.64. The van der Waals surface area contributed by atoms with E-state index in [9.17, 15) is 9.59 Å². The first-order chi connectivity index (χ1) is 8.77. The molecule has 2 aliphatic carbocycles. The van der Waals surface area contributed by atoms with Gasteiger partial charge in [-0.1, -0.05) is 12.2 Å². The quantitative estimate of drug-likeness (QED) is 0.550. The van der Waals surface area contributed by atoms with E-state index in [0.717, 1.165) is 6.42 Å². The van der Waals surface area contributed by atoms with E-state index in [1.807, 2.05) is 0 Å². The van der Waals surface area contributed by atoms with Crippen LogP contribution in [0.5, 0.6) is 0 Å². The first-order valence-corrected chi connectivity index (χ1v) is 6.23. The molecule has 0 aromatic carbocycles. The minimum absolute atomic E-state index is 0.0464. The lowest BCUT2D eigenvalue weighted by molar-refractivity contribution is -0.123. The van der Waals surface area contributed by atoms with Crippen molar-refractivity contribution in [3.63, 3.8) is 0 Å². The third-order valence-electron chi connectivity index (χ3n) is 4.37. The molecule has 2 fully saturated rings. The second-order valence-corrected chi connectivity index (χ2v) is 5.22. The van der Waals surface area contributed by atoms with E-state index in [1.165, 1.54) is 4.90 Å². The van der Waals surface area contributed by atoms with Crippen LogP contribution in [0.4, 0.5) is 5.69 Å². The Morgan fingerprint density at radius 2 is 1.78 bits per heavy atom. The summed E-state index contributed by atoms with van der Waals surface area (Å²) in [6, 6.07) is 3.51. The SMILES string of the molecule is O=C1[C@@H]2[C@H](C(=O)N1c1cccnc1)[C@@H]1C=C[C@H]2C1. The van der Waals surface area contributed by atoms with Gasteiger partial charge in [0.05, 0.1) is 23.7 Å². The van der Waals surface area contributed by atoms with Gasteiger partial charge in [-0.25, -0.2) is 4.90 Å². The van der Waals surface area contributed by atoms with Crippen LogP contribution >= 0.6 is 0 Å². The van der Waals surface area contributed by atoms with Gasteiger partial charge in [-0.2, -0.15) is 0 Å². The molecule has 2 heterocycles. The highest BCUT2D eigenvalue weighted by atomic mass is 16.2. The summed E-state index contributed by atoms with van der Waals surface area (Å²) < 4.78 is 0. The first-order valence-electron chi connectivity index (χ1n) is 6.23. The van der Waals surface area contributed by atoms with Crippen LogP contribution in [-0.2, 0) is 9.59 Å². The number of anilines is 1. The highest BCUT2D eigenvalue weighted by molar-refractivity contribution is 6.22. The molecule has 1 saturated heterocycles. The number of allylic oxidation sites excluding steroid dienone is 2. The lowest BCUT2D eigenvalue weighted by Gasteiger charge is -2.16. The van der Waals surface area contributed by atoms with Crippen LogP contribution in [0.2, 0.25) is 0 Å². The number of rotatable bonds is 1. The van der Waals surface area contributed by atoms with Crippen molar-refractivity contribution in [2.75, 3.05) is 4.90 Å². The van der Waals surface area contributed by atoms with Crippen LogP contribution in [-0.4, -0.2) is 16.8 Å². The lowest BCUT2D eigenvalue weighted by Crippen LogP contribution is -2.32. The van der Waals surface area contributed by atoms with Gasteiger partial charge in [0, 0.05) is 6.20 Å². The van der Waals surface area contributed by atoms with Gasteiger partial charge >= 0.3 is 0 Å². The molecule has 0 spiro atoms. The van der Waals surface area contributed by atoms with E-state index in [0.29, 0.717) is 5.69 Å². The first kappa shape index (κ1) is 10.00. The Balaban J connectivity index is 1.77. The van der Waals surface area contributed by atoms with E-state index in [4.69, 9.17) is 0 Å². The zero-order chi connectivity index (χ0) is 12.3. The highest BCUT2D eigenvalue weighted by Gasteiger charge is 2.59. The molecule has 0 radical (unpaired) electrons. The van der Waals surface area contributed by atoms with Gasteiger partial charge in [0.1, 0.15) is 0 Å². The van der Waals surface area contributed by atoms with E-state index < -0.39 is 0 Å². The van der Waals surface area contributed by atoms with E-state index in [1.54, 1.807) is 24.5 Å². The van der Waals surface area contributed by atoms with E-state index >= 15 is 0 Å². The van der Waals surface area contributed by atoms with Crippen molar-refractivity contribution in [2.24, 2.45) is 23.7 Å². The van der Waals surface area contributed by atoms with Crippen molar-refractivity contribution >= 4 is 17.5 Å². The molecule has 1 saturated carbocycles. The van der Waals surface area contributed by atoms with Crippen molar-refractivity contribution in [1.29, 1.82) is 0 Å². The molecule has 3 aliphatic rings. The van der Waals surface area contributed by atoms with E-state index in [-0.39, 0.29) is 35.5 Å². The Morgan fingerprint density at radius 3 is 2.33 bits per heavy atom. The molecular formula is C14H12N2O2. The average molecular weight is 240 g/mol. The number of nitrogens with zero attached hydrogens (tertiary/aromatic N) is 2. The van der Waals surface area contributed by atoms with Gasteiger partial charge in [0.25, 0.3) is 0 Å². The van der Waals surface area contributed by atoms with Crippen LogP contribution in [0, 0.1) is 23.7 Å². The number of carbonyl (C=O) groups is 2. The molecule has 1 aromatic rings. The van der Waals surface area contributed by atoms with Gasteiger partial charge < -0.3 is 0 Å². The number of pyridine rings is 1. The third kappa shape index (κ3) is 1.08. The fraction of sp³-hybridized carbons (Fsp3) is 0.357. The summed E-state index contributed by atoms with van der Waals surface area (Å²) in [4.78, 5) is 30.2. The number of amides is 2. The molecule has 18 heavy (non-hydrogen) atoms. The van der Waals surface area contributed by atoms with Crippen molar-refractivity contribution in [2.45, 2.75) is 6.42 Å². The zero-order valence-electron chi connectivity index (χ0n) is 9.69. The molecular weight excluding hydrogens is 228 g/mol. The number of fused-ring (bicyclic) bond motifs is 5. The van der Waals surface area contributed by atoms with Gasteiger partial charge in [-0.15, -0.1) is 0 Å². The number of imide groups is 1. The standard InChI is InChI=1S/C14H12N2O2/c17-13-11-8-3-4-9(6-8)12(11)14(18)16(13)10-2-1-5-15-7-10/h1-5,7-9,11-12H,6H2/t8-,9+,11-,12+. The molecule has 0 N–H and O–H groups in total. The summed E-state index contributed by atoms with van der Waals surface area (Å²) >= 11 is 0. The number of hydrogen-bond donors (Lipinski definition) is 0. The monoisotopic (exact) mass is 240 g/mol. The molecule has 4 rings (SSSR count). The summed E-state index contributed by atoms with van der Waals surface area (Å²) in [5, 5.41) is 0. The minimum atomic E-state index is -0.132. The summed E-state index contributed by atoms with van der Waals surface area (Å²) in [5.74, 6) is 0.168. The smallest absolute Gasteiger partial charge is 0.238 e. The maximum atomic E-state index is 12.4. The third-order valence-corrected chi connectivity index (χ3v) is 4.37. The molecule has 1 aliphatic heterocycles. The van der Waals surface area contributed by atoms with Gasteiger partial charge in [-0.3, -0.25) is 14.6 Å². The topological polar surface area (TPSA) is 50.3 Å². The van der Waals surface area contributed by atoms with Gasteiger partial charge in [-0.05, 0) is 30.4 Å². The predicted molar refractivity (Wildman–Crippen MR) is 64.4 cm³/mol. The normalized spacial score (nSPS) is 36.6. The fourth-order valence-corrected chi connectivity index (χ4v) is 3.64. The molecule has 4 nitrogen and oxygen atoms in total. The van der Waals surface area contributed by atoms with Crippen LogP contribution in [0.25, 0.3) is 0 Å². The summed E-state index contributed by atoms with van der Waals surface area (Å²) in [6.45, 7) is 0. The molecule has 90 valence electrons. The maximum Gasteiger partial charge on any atom is 0.238 e. The highest BCUT2D eigenvalue weighted by Crippen LogP contribution is 2.53. The Labute approximate surface area is 104 Å². The Kier molecular flexibility index (Phi) is 1.82. The molecule has 0 unspecified atom stereocenters. The molecule has 1 aromatic heterocycles. The number of aromatic nitrogens is 1.